The summed E-state index contributed by atoms with van der Waals surface area (Å²) in [7, 11) is 0. The molecule has 7 nitrogen and oxygen atoms in total. The molecule has 1 aromatic carbocycles. The molecule has 1 aliphatic rings. The van der Waals surface area contributed by atoms with Crippen LogP contribution in [0, 0.1) is 0 Å². The number of carboxylic acids is 1. The predicted molar refractivity (Wildman–Crippen MR) is 75.2 cm³/mol. The summed E-state index contributed by atoms with van der Waals surface area (Å²) in [5, 5.41) is 39.1. The third-order valence-corrected chi connectivity index (χ3v) is 3.78. The number of ether oxygens (including phenoxy) is 1. The number of benzene rings is 1. The molecule has 1 aromatic heterocycles. The molecule has 0 amide bonds. The van der Waals surface area contributed by atoms with E-state index in [0.29, 0.717) is 5.52 Å². The van der Waals surface area contributed by atoms with E-state index in [1.54, 1.807) is 18.2 Å². The molecule has 116 valence electrons. The van der Waals surface area contributed by atoms with Crippen LogP contribution < -0.4 is 0 Å². The number of hydrogen-bond acceptors (Lipinski definition) is 6. The van der Waals surface area contributed by atoms with Gasteiger partial charge < -0.3 is 25.2 Å². The van der Waals surface area contributed by atoms with Gasteiger partial charge in [0.2, 0.25) is 5.79 Å². The molecular weight excluding hydrogens is 290 g/mol. The highest BCUT2D eigenvalue weighted by molar-refractivity contribution is 5.93. The first-order valence-electron chi connectivity index (χ1n) is 6.76. The number of aliphatic hydroxyl groups is 3. The van der Waals surface area contributed by atoms with Crippen molar-refractivity contribution in [2.75, 3.05) is 6.61 Å². The van der Waals surface area contributed by atoms with Crippen LogP contribution in [0.5, 0.6) is 0 Å². The van der Waals surface area contributed by atoms with E-state index in [9.17, 15) is 15.0 Å². The van der Waals surface area contributed by atoms with E-state index < -0.39 is 30.6 Å². The Kier molecular flexibility index (Phi) is 3.57. The smallest absolute Gasteiger partial charge is 0.335 e. The van der Waals surface area contributed by atoms with Gasteiger partial charge in [-0.05, 0) is 18.2 Å². The number of aromatic carboxylic acids is 1. The Morgan fingerprint density at radius 3 is 2.73 bits per heavy atom. The van der Waals surface area contributed by atoms with Crippen molar-refractivity contribution in [3.63, 3.8) is 0 Å². The highest BCUT2D eigenvalue weighted by Gasteiger charge is 2.46. The van der Waals surface area contributed by atoms with Crippen LogP contribution in [0.2, 0.25) is 0 Å². The first-order chi connectivity index (χ1) is 10.4. The van der Waals surface area contributed by atoms with E-state index in [1.165, 1.54) is 12.1 Å². The van der Waals surface area contributed by atoms with Gasteiger partial charge in [-0.2, -0.15) is 0 Å². The van der Waals surface area contributed by atoms with Crippen molar-refractivity contribution in [3.8, 4) is 0 Å². The summed E-state index contributed by atoms with van der Waals surface area (Å²) in [5.74, 6) is -2.87. The fourth-order valence-electron chi connectivity index (χ4n) is 2.58. The van der Waals surface area contributed by atoms with E-state index in [0.717, 1.165) is 5.39 Å². The van der Waals surface area contributed by atoms with Gasteiger partial charge in [0.15, 0.2) is 0 Å². The van der Waals surface area contributed by atoms with Gasteiger partial charge in [-0.1, -0.05) is 12.1 Å². The molecule has 3 atom stereocenters. The second-order valence-electron chi connectivity index (χ2n) is 5.30. The standard InChI is InChI=1S/C15H15NO6/c17-7-12-11(18)6-15(21,22-12)13-4-3-8-1-2-9(14(19)20)5-10(8)16-13/h1-5,11-12,17-18,21H,6-7H2,(H,19,20)/t11-,12+,15+/m0/s1. The molecule has 22 heavy (non-hydrogen) atoms. The molecule has 3 rings (SSSR count). The lowest BCUT2D eigenvalue weighted by Gasteiger charge is -2.22. The van der Waals surface area contributed by atoms with E-state index in [-0.39, 0.29) is 17.7 Å². The van der Waals surface area contributed by atoms with Crippen molar-refractivity contribution < 1.29 is 30.0 Å². The first-order valence-corrected chi connectivity index (χ1v) is 6.76. The normalized spacial score (nSPS) is 28.1. The maximum absolute atomic E-state index is 11.0. The molecule has 0 bridgehead atoms. The lowest BCUT2D eigenvalue weighted by molar-refractivity contribution is -0.209. The Labute approximate surface area is 125 Å². The second kappa shape index (κ2) is 5.29. The maximum atomic E-state index is 11.0. The molecule has 2 aromatic rings. The molecule has 2 heterocycles. The molecule has 0 spiro atoms. The molecule has 1 fully saturated rings. The molecule has 0 saturated carbocycles. The molecular formula is C15H15NO6. The van der Waals surface area contributed by atoms with Crippen LogP contribution in [0.1, 0.15) is 22.5 Å². The van der Waals surface area contributed by atoms with Gasteiger partial charge in [0.05, 0.1) is 23.8 Å². The monoisotopic (exact) mass is 305 g/mol. The zero-order chi connectivity index (χ0) is 15.9. The topological polar surface area (TPSA) is 120 Å². The number of nitrogens with zero attached hydrogens (tertiary/aromatic N) is 1. The molecule has 0 aliphatic carbocycles. The quantitative estimate of drug-likeness (QED) is 0.640. The van der Waals surface area contributed by atoms with Crippen molar-refractivity contribution in [2.45, 2.75) is 24.4 Å². The average Bonchev–Trinajstić information content (AvgIpc) is 2.81. The Hall–Kier alpha value is -2.06. The second-order valence-corrected chi connectivity index (χ2v) is 5.30. The van der Waals surface area contributed by atoms with Gasteiger partial charge in [0.1, 0.15) is 11.8 Å². The van der Waals surface area contributed by atoms with E-state index in [1.807, 2.05) is 0 Å². The lowest BCUT2D eigenvalue weighted by Crippen LogP contribution is -2.28. The molecule has 4 N–H and O–H groups in total. The van der Waals surface area contributed by atoms with E-state index >= 15 is 0 Å². The highest BCUT2D eigenvalue weighted by atomic mass is 16.7. The van der Waals surface area contributed by atoms with Crippen LogP contribution in [0.15, 0.2) is 30.3 Å². The van der Waals surface area contributed by atoms with Gasteiger partial charge in [0, 0.05) is 11.8 Å². The molecule has 0 unspecified atom stereocenters. The van der Waals surface area contributed by atoms with Crippen LogP contribution in [0.4, 0.5) is 0 Å². The van der Waals surface area contributed by atoms with Crippen molar-refractivity contribution in [3.05, 3.63) is 41.6 Å². The number of carbonyl (C=O) groups is 1. The zero-order valence-corrected chi connectivity index (χ0v) is 11.5. The number of carboxylic acid groups (broad SMARTS) is 1. The summed E-state index contributed by atoms with van der Waals surface area (Å²) in [4.78, 5) is 15.3. The van der Waals surface area contributed by atoms with Crippen molar-refractivity contribution in [1.29, 1.82) is 0 Å². The Morgan fingerprint density at radius 2 is 2.09 bits per heavy atom. The fraction of sp³-hybridized carbons (Fsp3) is 0.333. The summed E-state index contributed by atoms with van der Waals surface area (Å²) in [6.45, 7) is -0.416. The average molecular weight is 305 g/mol. The SMILES string of the molecule is O=C(O)c1ccc2ccc([C@@]3(O)C[C@H](O)[C@@H](CO)O3)nc2c1. The minimum absolute atomic E-state index is 0.0877. The summed E-state index contributed by atoms with van der Waals surface area (Å²) < 4.78 is 5.30. The molecule has 1 aliphatic heterocycles. The molecule has 7 heteroatoms. The largest absolute Gasteiger partial charge is 0.478 e. The number of aromatic nitrogens is 1. The van der Waals surface area contributed by atoms with Crippen LogP contribution in [0.25, 0.3) is 10.9 Å². The third-order valence-electron chi connectivity index (χ3n) is 3.78. The van der Waals surface area contributed by atoms with Gasteiger partial charge in [-0.25, -0.2) is 9.78 Å². The lowest BCUT2D eigenvalue weighted by atomic mass is 10.0. The number of aliphatic hydroxyl groups excluding tert-OH is 2. The maximum Gasteiger partial charge on any atom is 0.335 e. The summed E-state index contributed by atoms with van der Waals surface area (Å²) in [6, 6.07) is 7.73. The summed E-state index contributed by atoms with van der Waals surface area (Å²) in [5.41, 5.74) is 0.652. The minimum atomic E-state index is -1.81. The van der Waals surface area contributed by atoms with Crippen LogP contribution >= 0.6 is 0 Å². The fourth-order valence-corrected chi connectivity index (χ4v) is 2.58. The van der Waals surface area contributed by atoms with Gasteiger partial charge >= 0.3 is 5.97 Å². The first kappa shape index (κ1) is 14.9. The number of hydrogen-bond donors (Lipinski definition) is 4. The zero-order valence-electron chi connectivity index (χ0n) is 11.5. The van der Waals surface area contributed by atoms with Gasteiger partial charge in [-0.3, -0.25) is 0 Å². The Morgan fingerprint density at radius 1 is 1.36 bits per heavy atom. The number of fused-ring (bicyclic) bond motifs is 1. The Bertz CT molecular complexity index is 733. The van der Waals surface area contributed by atoms with Crippen molar-refractivity contribution >= 4 is 16.9 Å². The van der Waals surface area contributed by atoms with Crippen LogP contribution in [-0.4, -0.2) is 50.2 Å². The van der Waals surface area contributed by atoms with Crippen molar-refractivity contribution in [1.82, 2.24) is 4.98 Å². The third kappa shape index (κ3) is 2.44. The van der Waals surface area contributed by atoms with Gasteiger partial charge in [-0.15, -0.1) is 0 Å². The van der Waals surface area contributed by atoms with E-state index in [4.69, 9.17) is 14.9 Å². The molecule has 0 radical (unpaired) electrons. The predicted octanol–water partition coefficient (Wildman–Crippen LogP) is 0.220. The molecule has 1 saturated heterocycles. The van der Waals surface area contributed by atoms with E-state index in [2.05, 4.69) is 4.98 Å². The summed E-state index contributed by atoms with van der Waals surface area (Å²) >= 11 is 0. The highest BCUT2D eigenvalue weighted by Crippen LogP contribution is 2.36. The van der Waals surface area contributed by atoms with Crippen LogP contribution in [0.3, 0.4) is 0 Å². The van der Waals surface area contributed by atoms with Crippen LogP contribution in [-0.2, 0) is 10.5 Å². The van der Waals surface area contributed by atoms with Gasteiger partial charge in [0.25, 0.3) is 0 Å². The Balaban J connectivity index is 2.02. The van der Waals surface area contributed by atoms with Crippen molar-refractivity contribution in [2.24, 2.45) is 0 Å². The number of rotatable bonds is 3. The minimum Gasteiger partial charge on any atom is -0.478 e. The number of pyridine rings is 1. The summed E-state index contributed by atoms with van der Waals surface area (Å²) in [6.07, 6.45) is -2.00.